The average Bonchev–Trinajstić information content (AvgIpc) is 2.53. The van der Waals surface area contributed by atoms with E-state index in [4.69, 9.17) is 23.2 Å². The van der Waals surface area contributed by atoms with Crippen molar-refractivity contribution in [2.75, 3.05) is 6.54 Å². The third-order valence-electron chi connectivity index (χ3n) is 3.16. The van der Waals surface area contributed by atoms with Gasteiger partial charge in [-0.15, -0.1) is 0 Å². The van der Waals surface area contributed by atoms with Crippen molar-refractivity contribution in [3.05, 3.63) is 82.2 Å². The van der Waals surface area contributed by atoms with E-state index in [1.807, 2.05) is 42.5 Å². The SMILES string of the molecule is [C-]#[N+]CCCC(=NCc1ccccc1)c1ccc(Cl)cc1. The van der Waals surface area contributed by atoms with Gasteiger partial charge in [0.2, 0.25) is 6.54 Å². The topological polar surface area (TPSA) is 16.7 Å². The molecule has 0 saturated carbocycles. The summed E-state index contributed by atoms with van der Waals surface area (Å²) in [6.45, 7) is 8.09. The van der Waals surface area contributed by atoms with Crippen molar-refractivity contribution in [3.8, 4) is 0 Å². The molecule has 106 valence electrons. The van der Waals surface area contributed by atoms with E-state index in [2.05, 4.69) is 17.0 Å². The zero-order chi connectivity index (χ0) is 14.9. The molecule has 0 radical (unpaired) electrons. The van der Waals surface area contributed by atoms with Crippen LogP contribution in [0.15, 0.2) is 59.6 Å². The van der Waals surface area contributed by atoms with Gasteiger partial charge in [-0.2, -0.15) is 0 Å². The first kappa shape index (κ1) is 15.3. The molecular weight excluding hydrogens is 280 g/mol. The number of hydrogen-bond acceptors (Lipinski definition) is 1. The van der Waals surface area contributed by atoms with Crippen LogP contribution in [-0.2, 0) is 6.54 Å². The van der Waals surface area contributed by atoms with Gasteiger partial charge in [0.1, 0.15) is 0 Å². The third kappa shape index (κ3) is 5.06. The van der Waals surface area contributed by atoms with Crippen molar-refractivity contribution in [1.29, 1.82) is 0 Å². The Morgan fingerprint density at radius 2 is 1.76 bits per heavy atom. The fourth-order valence-electron chi connectivity index (χ4n) is 2.05. The number of nitrogens with zero attached hydrogens (tertiary/aromatic N) is 2. The summed E-state index contributed by atoms with van der Waals surface area (Å²) in [5.74, 6) is 0. The van der Waals surface area contributed by atoms with Crippen molar-refractivity contribution in [2.24, 2.45) is 4.99 Å². The average molecular weight is 297 g/mol. The van der Waals surface area contributed by atoms with E-state index < -0.39 is 0 Å². The van der Waals surface area contributed by atoms with Gasteiger partial charge in [0.25, 0.3) is 0 Å². The summed E-state index contributed by atoms with van der Waals surface area (Å²) >= 11 is 5.94. The van der Waals surface area contributed by atoms with E-state index >= 15 is 0 Å². The van der Waals surface area contributed by atoms with Crippen molar-refractivity contribution < 1.29 is 0 Å². The first-order valence-electron chi connectivity index (χ1n) is 6.96. The minimum Gasteiger partial charge on any atom is -0.317 e. The van der Waals surface area contributed by atoms with Gasteiger partial charge in [-0.1, -0.05) is 54.1 Å². The zero-order valence-corrected chi connectivity index (χ0v) is 12.6. The minimum absolute atomic E-state index is 0.540. The summed E-state index contributed by atoms with van der Waals surface area (Å²) in [5.41, 5.74) is 3.31. The predicted molar refractivity (Wildman–Crippen MR) is 88.8 cm³/mol. The molecule has 2 rings (SSSR count). The molecule has 0 aliphatic rings. The Balaban J connectivity index is 2.15. The summed E-state index contributed by atoms with van der Waals surface area (Å²) in [7, 11) is 0. The van der Waals surface area contributed by atoms with Crippen LogP contribution in [0.1, 0.15) is 24.0 Å². The van der Waals surface area contributed by atoms with Crippen LogP contribution in [0.5, 0.6) is 0 Å². The maximum absolute atomic E-state index is 6.88. The van der Waals surface area contributed by atoms with Gasteiger partial charge >= 0.3 is 0 Å². The van der Waals surface area contributed by atoms with Gasteiger partial charge in [0.05, 0.1) is 6.54 Å². The van der Waals surface area contributed by atoms with Crippen LogP contribution in [0.2, 0.25) is 5.02 Å². The first-order valence-corrected chi connectivity index (χ1v) is 7.34. The Labute approximate surface area is 130 Å². The Morgan fingerprint density at radius 3 is 2.43 bits per heavy atom. The van der Waals surface area contributed by atoms with Crippen LogP contribution in [0.4, 0.5) is 0 Å². The lowest BCUT2D eigenvalue weighted by atomic mass is 10.1. The van der Waals surface area contributed by atoms with E-state index in [1.165, 1.54) is 5.56 Å². The van der Waals surface area contributed by atoms with Crippen LogP contribution in [-0.4, -0.2) is 12.3 Å². The zero-order valence-electron chi connectivity index (χ0n) is 11.8. The van der Waals surface area contributed by atoms with Crippen molar-refractivity contribution in [2.45, 2.75) is 19.4 Å². The van der Waals surface area contributed by atoms with Crippen molar-refractivity contribution in [1.82, 2.24) is 0 Å². The summed E-state index contributed by atoms with van der Waals surface area (Å²) in [6.07, 6.45) is 1.65. The van der Waals surface area contributed by atoms with Crippen LogP contribution >= 0.6 is 11.6 Å². The molecule has 0 aromatic heterocycles. The first-order chi connectivity index (χ1) is 10.3. The quantitative estimate of drug-likeness (QED) is 0.404. The summed E-state index contributed by atoms with van der Waals surface area (Å²) in [6, 6.07) is 17.9. The second-order valence-electron chi connectivity index (χ2n) is 4.74. The van der Waals surface area contributed by atoms with Crippen LogP contribution in [0.3, 0.4) is 0 Å². The fourth-order valence-corrected chi connectivity index (χ4v) is 2.18. The smallest absolute Gasteiger partial charge is 0.215 e. The molecule has 0 spiro atoms. The predicted octanol–water partition coefficient (Wildman–Crippen LogP) is 5.03. The number of hydrogen-bond donors (Lipinski definition) is 0. The Morgan fingerprint density at radius 1 is 1.05 bits per heavy atom. The van der Waals surface area contributed by atoms with Gasteiger partial charge in [-0.25, -0.2) is 6.57 Å². The second-order valence-corrected chi connectivity index (χ2v) is 5.18. The summed E-state index contributed by atoms with van der Waals surface area (Å²) in [4.78, 5) is 8.14. The summed E-state index contributed by atoms with van der Waals surface area (Å²) in [5, 5.41) is 0.724. The molecule has 0 saturated heterocycles. The van der Waals surface area contributed by atoms with Gasteiger partial charge in [0, 0.05) is 17.2 Å². The maximum Gasteiger partial charge on any atom is 0.215 e. The number of aliphatic imine (C=N–C) groups is 1. The van der Waals surface area contributed by atoms with Crippen LogP contribution in [0.25, 0.3) is 4.85 Å². The molecule has 21 heavy (non-hydrogen) atoms. The maximum atomic E-state index is 6.88. The molecule has 0 aliphatic carbocycles. The molecule has 0 atom stereocenters. The molecule has 0 fully saturated rings. The molecule has 0 N–H and O–H groups in total. The molecule has 2 aromatic carbocycles. The number of benzene rings is 2. The van der Waals surface area contributed by atoms with Crippen molar-refractivity contribution >= 4 is 17.3 Å². The Bertz CT molecular complexity index is 625. The minimum atomic E-state index is 0.540. The van der Waals surface area contributed by atoms with Crippen LogP contribution < -0.4 is 0 Å². The largest absolute Gasteiger partial charge is 0.317 e. The standard InChI is InChI=1S/C18H17ClN2/c1-20-13-5-8-18(16-9-11-17(19)12-10-16)21-14-15-6-3-2-4-7-15/h2-4,6-7,9-12H,5,8,13-14H2. The molecule has 0 heterocycles. The fraction of sp³-hybridized carbons (Fsp3) is 0.222. The van der Waals surface area contributed by atoms with Gasteiger partial charge in [-0.05, 0) is 29.7 Å². The lowest BCUT2D eigenvalue weighted by Crippen LogP contribution is -2.03. The van der Waals surface area contributed by atoms with Gasteiger partial charge in [-0.3, -0.25) is 4.99 Å². The molecular formula is C18H17ClN2. The number of halogens is 1. The molecule has 0 amide bonds. The molecule has 0 aliphatic heterocycles. The molecule has 0 bridgehead atoms. The normalized spacial score (nSPS) is 11.1. The number of rotatable bonds is 6. The Kier molecular flexibility index (Phi) is 5.99. The summed E-state index contributed by atoms with van der Waals surface area (Å²) < 4.78 is 0. The van der Waals surface area contributed by atoms with E-state index in [0.717, 1.165) is 29.1 Å². The molecule has 0 unspecified atom stereocenters. The lowest BCUT2D eigenvalue weighted by Gasteiger charge is -2.06. The van der Waals surface area contributed by atoms with E-state index in [-0.39, 0.29) is 0 Å². The van der Waals surface area contributed by atoms with Crippen molar-refractivity contribution in [3.63, 3.8) is 0 Å². The molecule has 2 aromatic rings. The van der Waals surface area contributed by atoms with E-state index in [1.54, 1.807) is 0 Å². The van der Waals surface area contributed by atoms with Gasteiger partial charge < -0.3 is 4.85 Å². The highest BCUT2D eigenvalue weighted by Gasteiger charge is 2.05. The van der Waals surface area contributed by atoms with Gasteiger partial charge in [0.15, 0.2) is 0 Å². The highest BCUT2D eigenvalue weighted by Crippen LogP contribution is 2.14. The molecule has 3 heteroatoms. The second kappa shape index (κ2) is 8.24. The monoisotopic (exact) mass is 296 g/mol. The van der Waals surface area contributed by atoms with E-state index in [9.17, 15) is 0 Å². The molecule has 2 nitrogen and oxygen atoms in total. The van der Waals surface area contributed by atoms with Crippen LogP contribution in [0, 0.1) is 6.57 Å². The highest BCUT2D eigenvalue weighted by molar-refractivity contribution is 6.30. The third-order valence-corrected chi connectivity index (χ3v) is 3.41. The highest BCUT2D eigenvalue weighted by atomic mass is 35.5. The van der Waals surface area contributed by atoms with E-state index in [0.29, 0.717) is 13.1 Å². The Hall–Kier alpha value is -2.11. The lowest BCUT2D eigenvalue weighted by molar-refractivity contribution is 0.935.